The summed E-state index contributed by atoms with van der Waals surface area (Å²) >= 11 is 0. The molecule has 0 radical (unpaired) electrons. The van der Waals surface area contributed by atoms with E-state index in [1.807, 2.05) is 36.4 Å². The van der Waals surface area contributed by atoms with Crippen LogP contribution in [0.1, 0.15) is 87.8 Å². The summed E-state index contributed by atoms with van der Waals surface area (Å²) < 4.78 is 5.17. The van der Waals surface area contributed by atoms with Crippen molar-refractivity contribution in [3.8, 4) is 0 Å². The van der Waals surface area contributed by atoms with E-state index in [2.05, 4.69) is 41.5 Å². The fourth-order valence-corrected chi connectivity index (χ4v) is 4.13. The molecule has 0 saturated carbocycles. The Morgan fingerprint density at radius 2 is 1.16 bits per heavy atom. The minimum atomic E-state index is -0.504. The molecule has 0 aliphatic carbocycles. The highest BCUT2D eigenvalue weighted by Crippen LogP contribution is 2.28. The van der Waals surface area contributed by atoms with Gasteiger partial charge in [0.15, 0.2) is 0 Å². The molecule has 0 spiro atoms. The first-order valence-corrected chi connectivity index (χ1v) is 12.8. The molecular weight excluding hydrogens is 472 g/mol. The highest BCUT2D eigenvalue weighted by molar-refractivity contribution is 5.70. The third kappa shape index (κ3) is 9.91. The van der Waals surface area contributed by atoms with Gasteiger partial charge in [-0.05, 0) is 57.1 Å². The lowest BCUT2D eigenvalue weighted by Crippen LogP contribution is -2.16. The molecule has 7 nitrogen and oxygen atoms in total. The van der Waals surface area contributed by atoms with Crippen LogP contribution in [-0.2, 0) is 61.0 Å². The van der Waals surface area contributed by atoms with Crippen LogP contribution in [0, 0.1) is 0 Å². The van der Waals surface area contributed by atoms with Crippen LogP contribution in [0.3, 0.4) is 0 Å². The topological polar surface area (TPSA) is 102 Å². The summed E-state index contributed by atoms with van der Waals surface area (Å²) in [6.07, 6.45) is 1.38. The Morgan fingerprint density at radius 1 is 0.703 bits per heavy atom. The van der Waals surface area contributed by atoms with Gasteiger partial charge in [0.05, 0.1) is 19.6 Å². The summed E-state index contributed by atoms with van der Waals surface area (Å²) in [6, 6.07) is 11.7. The zero-order chi connectivity index (χ0) is 27.6. The number of aryl methyl sites for hydroxylation is 2. The number of benzene rings is 2. The van der Waals surface area contributed by atoms with Crippen LogP contribution in [0.4, 0.5) is 0 Å². The molecule has 2 rings (SSSR count). The lowest BCUT2D eigenvalue weighted by molar-refractivity contribution is -0.275. The molecule has 0 amide bonds. The number of aliphatic hydroxyl groups is 2. The maximum absolute atomic E-state index is 12.1. The van der Waals surface area contributed by atoms with Crippen LogP contribution in [0.5, 0.6) is 0 Å². The van der Waals surface area contributed by atoms with Gasteiger partial charge in [-0.25, -0.2) is 4.79 Å². The van der Waals surface area contributed by atoms with E-state index >= 15 is 0 Å². The number of carbonyl (C=O) groups is 2. The Balaban J connectivity index is 1.68. The van der Waals surface area contributed by atoms with Crippen LogP contribution in [0.2, 0.25) is 0 Å². The third-order valence-corrected chi connectivity index (χ3v) is 6.12. The molecule has 2 aromatic carbocycles. The van der Waals surface area contributed by atoms with Crippen LogP contribution >= 0.6 is 0 Å². The Bertz CT molecular complexity index is 961. The molecule has 7 heteroatoms. The number of rotatable bonds is 12. The Labute approximate surface area is 220 Å². The third-order valence-electron chi connectivity index (χ3n) is 6.12. The van der Waals surface area contributed by atoms with E-state index in [0.717, 1.165) is 33.4 Å². The number of hydrogen-bond donors (Lipinski definition) is 2. The zero-order valence-electron chi connectivity index (χ0n) is 23.1. The van der Waals surface area contributed by atoms with Gasteiger partial charge in [0.2, 0.25) is 0 Å². The largest absolute Gasteiger partial charge is 0.463 e. The molecule has 0 heterocycles. The van der Waals surface area contributed by atoms with E-state index < -0.39 is 5.97 Å². The number of carbonyl (C=O) groups excluding carboxylic acids is 2. The molecule has 0 atom stereocenters. The second-order valence-electron chi connectivity index (χ2n) is 11.3. The summed E-state index contributed by atoms with van der Waals surface area (Å²) in [5, 5.41) is 19.1. The average molecular weight is 515 g/mol. The Hall–Kier alpha value is -2.74. The second kappa shape index (κ2) is 13.7. The van der Waals surface area contributed by atoms with Crippen LogP contribution in [0.25, 0.3) is 0 Å². The molecule has 2 aromatic rings. The molecule has 0 aliphatic rings. The Morgan fingerprint density at radius 3 is 1.59 bits per heavy atom. The molecule has 0 aromatic heterocycles. The predicted molar refractivity (Wildman–Crippen MR) is 142 cm³/mol. The predicted octanol–water partition coefficient (Wildman–Crippen LogP) is 4.85. The number of ether oxygens (including phenoxy) is 1. The summed E-state index contributed by atoms with van der Waals surface area (Å²) in [6.45, 7) is 12.4. The van der Waals surface area contributed by atoms with Gasteiger partial charge in [-0.15, -0.1) is 0 Å². The quantitative estimate of drug-likeness (QED) is 0.181. The van der Waals surface area contributed by atoms with E-state index in [1.54, 1.807) is 0 Å². The van der Waals surface area contributed by atoms with Crippen molar-refractivity contribution in [1.29, 1.82) is 0 Å². The van der Waals surface area contributed by atoms with Gasteiger partial charge >= 0.3 is 11.9 Å². The number of esters is 1. The second-order valence-corrected chi connectivity index (χ2v) is 11.3. The van der Waals surface area contributed by atoms with Gasteiger partial charge in [0.1, 0.15) is 13.2 Å². The van der Waals surface area contributed by atoms with Crippen molar-refractivity contribution in [2.24, 2.45) is 0 Å². The maximum atomic E-state index is 12.1. The van der Waals surface area contributed by atoms with Crippen molar-refractivity contribution in [3.05, 3.63) is 69.8 Å². The fraction of sp³-hybridized carbons (Fsp3) is 0.533. The number of hydrogen-bond acceptors (Lipinski definition) is 7. The van der Waals surface area contributed by atoms with Gasteiger partial charge in [0, 0.05) is 6.42 Å². The highest BCUT2D eigenvalue weighted by Gasteiger charge is 2.19. The van der Waals surface area contributed by atoms with Crippen LogP contribution in [-0.4, -0.2) is 35.4 Å². The van der Waals surface area contributed by atoms with Crippen molar-refractivity contribution < 1.29 is 34.3 Å². The minimum Gasteiger partial charge on any atom is -0.463 e. The summed E-state index contributed by atoms with van der Waals surface area (Å²) in [5.74, 6) is -0.865. The normalized spacial score (nSPS) is 11.9. The highest BCUT2D eigenvalue weighted by atomic mass is 17.2. The van der Waals surface area contributed by atoms with E-state index in [1.165, 1.54) is 0 Å². The molecule has 37 heavy (non-hydrogen) atoms. The van der Waals surface area contributed by atoms with Crippen molar-refractivity contribution in [2.45, 2.75) is 91.3 Å². The smallest absolute Gasteiger partial charge is 0.342 e. The van der Waals surface area contributed by atoms with E-state index in [4.69, 9.17) is 14.5 Å². The van der Waals surface area contributed by atoms with Crippen LogP contribution in [0.15, 0.2) is 36.4 Å². The first kappa shape index (κ1) is 30.5. The van der Waals surface area contributed by atoms with Gasteiger partial charge in [-0.2, -0.15) is 4.89 Å². The molecule has 0 aliphatic heterocycles. The van der Waals surface area contributed by atoms with Crippen molar-refractivity contribution >= 4 is 11.9 Å². The zero-order valence-corrected chi connectivity index (χ0v) is 23.1. The minimum absolute atomic E-state index is 0.0135. The SMILES string of the molecule is CC(C)(C)c1cc(CCC(=O)OCCOOC(=O)CCc2ccc(CO)c(C(C)(C)C)c2)ccc1CO. The monoisotopic (exact) mass is 514 g/mol. The van der Waals surface area contributed by atoms with Crippen molar-refractivity contribution in [3.63, 3.8) is 0 Å². The molecule has 0 saturated heterocycles. The molecule has 2 N–H and O–H groups in total. The van der Waals surface area contributed by atoms with E-state index in [9.17, 15) is 19.8 Å². The van der Waals surface area contributed by atoms with Gasteiger partial charge < -0.3 is 14.9 Å². The lowest BCUT2D eigenvalue weighted by Gasteiger charge is -2.23. The van der Waals surface area contributed by atoms with E-state index in [-0.39, 0.29) is 56.1 Å². The van der Waals surface area contributed by atoms with Gasteiger partial charge in [-0.1, -0.05) is 77.9 Å². The first-order chi connectivity index (χ1) is 17.3. The van der Waals surface area contributed by atoms with Gasteiger partial charge in [0.25, 0.3) is 0 Å². The Kier molecular flexibility index (Phi) is 11.3. The first-order valence-electron chi connectivity index (χ1n) is 12.8. The molecule has 204 valence electrons. The summed E-state index contributed by atoms with van der Waals surface area (Å²) in [4.78, 5) is 33.8. The summed E-state index contributed by atoms with van der Waals surface area (Å²) in [5.41, 5.74) is 5.64. The van der Waals surface area contributed by atoms with Gasteiger partial charge in [-0.3, -0.25) is 9.68 Å². The molecule has 0 unspecified atom stereocenters. The maximum Gasteiger partial charge on any atom is 0.342 e. The molecular formula is C30H42O7. The number of aliphatic hydroxyl groups excluding tert-OH is 2. The van der Waals surface area contributed by atoms with Crippen LogP contribution < -0.4 is 0 Å². The standard InChI is InChI=1S/C30H42O7/c1-29(2,3)25-17-21(7-11-23(25)19-31)9-13-27(33)35-15-16-36-37-28(34)14-10-22-8-12-24(20-32)26(18-22)30(4,5)6/h7-8,11-12,17-18,31-32H,9-10,13-16,19-20H2,1-6H3. The summed E-state index contributed by atoms with van der Waals surface area (Å²) in [7, 11) is 0. The lowest BCUT2D eigenvalue weighted by atomic mass is 9.82. The molecule has 0 fully saturated rings. The van der Waals surface area contributed by atoms with E-state index in [0.29, 0.717) is 12.8 Å². The fourth-order valence-electron chi connectivity index (χ4n) is 4.13. The molecule has 0 bridgehead atoms. The van der Waals surface area contributed by atoms with Crippen molar-refractivity contribution in [1.82, 2.24) is 0 Å². The average Bonchev–Trinajstić information content (AvgIpc) is 2.84. The van der Waals surface area contributed by atoms with Crippen molar-refractivity contribution in [2.75, 3.05) is 13.2 Å².